The zero-order valence-corrected chi connectivity index (χ0v) is 11.2. The molecule has 2 rings (SSSR count). The molecule has 1 aromatic rings. The highest BCUT2D eigenvalue weighted by molar-refractivity contribution is 5.73. The van der Waals surface area contributed by atoms with Gasteiger partial charge < -0.3 is 15.5 Å². The monoisotopic (exact) mass is 265 g/mol. The van der Waals surface area contributed by atoms with E-state index in [2.05, 4.69) is 4.90 Å². The number of amides is 1. The summed E-state index contributed by atoms with van der Waals surface area (Å²) in [7, 11) is 0. The van der Waals surface area contributed by atoms with Crippen molar-refractivity contribution in [1.82, 2.24) is 4.90 Å². The van der Waals surface area contributed by atoms with E-state index in [0.717, 1.165) is 31.7 Å². The molecule has 0 aromatic heterocycles. The van der Waals surface area contributed by atoms with E-state index >= 15 is 0 Å². The minimum absolute atomic E-state index is 0.103. The Morgan fingerprint density at radius 1 is 1.32 bits per heavy atom. The van der Waals surface area contributed by atoms with Crippen molar-refractivity contribution in [2.24, 2.45) is 5.73 Å². The second-order valence-corrected chi connectivity index (χ2v) is 4.83. The Hall–Kier alpha value is -1.62. The average molecular weight is 265 g/mol. The first-order valence-corrected chi connectivity index (χ1v) is 6.61. The number of halogens is 1. The van der Waals surface area contributed by atoms with Gasteiger partial charge in [-0.2, -0.15) is 0 Å². The van der Waals surface area contributed by atoms with Crippen LogP contribution >= 0.6 is 0 Å². The Morgan fingerprint density at radius 3 is 2.74 bits per heavy atom. The minimum atomic E-state index is -0.257. The van der Waals surface area contributed by atoms with Gasteiger partial charge in [0.05, 0.1) is 0 Å². The molecule has 0 aliphatic carbocycles. The van der Waals surface area contributed by atoms with E-state index in [4.69, 9.17) is 5.73 Å². The van der Waals surface area contributed by atoms with Crippen LogP contribution in [0.2, 0.25) is 0 Å². The molecule has 104 valence electrons. The number of nitrogens with zero attached hydrogens (tertiary/aromatic N) is 2. The zero-order valence-electron chi connectivity index (χ0n) is 11.2. The van der Waals surface area contributed by atoms with Crippen LogP contribution in [0.5, 0.6) is 0 Å². The highest BCUT2D eigenvalue weighted by atomic mass is 19.1. The number of nitrogens with two attached hydrogens (primary N) is 1. The van der Waals surface area contributed by atoms with Crippen molar-refractivity contribution < 1.29 is 9.18 Å². The third-order valence-corrected chi connectivity index (χ3v) is 3.56. The van der Waals surface area contributed by atoms with E-state index in [1.807, 2.05) is 11.0 Å². The van der Waals surface area contributed by atoms with Crippen molar-refractivity contribution in [3.63, 3.8) is 0 Å². The van der Waals surface area contributed by atoms with Crippen molar-refractivity contribution in [1.29, 1.82) is 0 Å². The molecule has 1 heterocycles. The molecule has 0 spiro atoms. The molecule has 0 radical (unpaired) electrons. The summed E-state index contributed by atoms with van der Waals surface area (Å²) >= 11 is 0. The molecule has 4 nitrogen and oxygen atoms in total. The fourth-order valence-electron chi connectivity index (χ4n) is 2.39. The Bertz CT molecular complexity index is 464. The largest absolute Gasteiger partial charge is 0.370 e. The number of hydrogen-bond donors (Lipinski definition) is 1. The number of hydrogen-bond acceptors (Lipinski definition) is 3. The van der Waals surface area contributed by atoms with Gasteiger partial charge in [-0.25, -0.2) is 4.39 Å². The topological polar surface area (TPSA) is 49.6 Å². The number of rotatable bonds is 2. The van der Waals surface area contributed by atoms with Gasteiger partial charge >= 0.3 is 0 Å². The summed E-state index contributed by atoms with van der Waals surface area (Å²) < 4.78 is 13.7. The summed E-state index contributed by atoms with van der Waals surface area (Å²) in [6.45, 7) is 4.84. The molecule has 1 saturated heterocycles. The molecule has 0 unspecified atom stereocenters. The lowest BCUT2D eigenvalue weighted by molar-refractivity contribution is -0.128. The first kappa shape index (κ1) is 13.8. The van der Waals surface area contributed by atoms with Crippen molar-refractivity contribution >= 4 is 11.6 Å². The Balaban J connectivity index is 2.10. The van der Waals surface area contributed by atoms with Crippen LogP contribution in [0.4, 0.5) is 10.1 Å². The van der Waals surface area contributed by atoms with Crippen LogP contribution < -0.4 is 10.6 Å². The number of carbonyl (C=O) groups excluding carboxylic acids is 1. The highest BCUT2D eigenvalue weighted by Gasteiger charge is 2.17. The van der Waals surface area contributed by atoms with Crippen LogP contribution in [0.1, 0.15) is 18.9 Å². The van der Waals surface area contributed by atoms with Crippen molar-refractivity contribution in [2.45, 2.75) is 19.9 Å². The van der Waals surface area contributed by atoms with Gasteiger partial charge in [-0.1, -0.05) is 6.07 Å². The van der Waals surface area contributed by atoms with Gasteiger partial charge in [0, 0.05) is 50.9 Å². The Labute approximate surface area is 113 Å². The van der Waals surface area contributed by atoms with E-state index in [9.17, 15) is 9.18 Å². The SMILES string of the molecule is CC(=O)N1CCCN(c2ccc(CN)c(F)c2)CC1. The maximum absolute atomic E-state index is 13.7. The van der Waals surface area contributed by atoms with E-state index in [1.54, 1.807) is 13.0 Å². The summed E-state index contributed by atoms with van der Waals surface area (Å²) in [5, 5.41) is 0. The summed E-state index contributed by atoms with van der Waals surface area (Å²) in [6, 6.07) is 5.17. The Morgan fingerprint density at radius 2 is 2.11 bits per heavy atom. The predicted molar refractivity (Wildman–Crippen MR) is 73.4 cm³/mol. The van der Waals surface area contributed by atoms with Gasteiger partial charge in [-0.3, -0.25) is 4.79 Å². The molecular weight excluding hydrogens is 245 g/mol. The fourth-order valence-corrected chi connectivity index (χ4v) is 2.39. The van der Waals surface area contributed by atoms with E-state index in [-0.39, 0.29) is 18.3 Å². The summed E-state index contributed by atoms with van der Waals surface area (Å²) in [5.41, 5.74) is 6.85. The molecular formula is C14H20FN3O. The third kappa shape index (κ3) is 3.23. The van der Waals surface area contributed by atoms with Crippen LogP contribution in [-0.4, -0.2) is 37.0 Å². The van der Waals surface area contributed by atoms with Gasteiger partial charge in [-0.15, -0.1) is 0 Å². The zero-order chi connectivity index (χ0) is 13.8. The summed E-state index contributed by atoms with van der Waals surface area (Å²) in [4.78, 5) is 15.3. The molecule has 1 amide bonds. The standard InChI is InChI=1S/C14H20FN3O/c1-11(19)17-5-2-6-18(8-7-17)13-4-3-12(10-16)14(15)9-13/h3-4,9H,2,5-8,10,16H2,1H3. The fraction of sp³-hybridized carbons (Fsp3) is 0.500. The lowest BCUT2D eigenvalue weighted by atomic mass is 10.1. The molecule has 1 aliphatic heterocycles. The van der Waals surface area contributed by atoms with Gasteiger partial charge in [-0.05, 0) is 18.6 Å². The van der Waals surface area contributed by atoms with Gasteiger partial charge in [0.15, 0.2) is 0 Å². The van der Waals surface area contributed by atoms with Gasteiger partial charge in [0.1, 0.15) is 5.82 Å². The van der Waals surface area contributed by atoms with Crippen molar-refractivity contribution in [3.05, 3.63) is 29.6 Å². The highest BCUT2D eigenvalue weighted by Crippen LogP contribution is 2.20. The van der Waals surface area contributed by atoms with Crippen molar-refractivity contribution in [3.8, 4) is 0 Å². The summed E-state index contributed by atoms with van der Waals surface area (Å²) in [6.07, 6.45) is 0.903. The molecule has 19 heavy (non-hydrogen) atoms. The number of carbonyl (C=O) groups is 1. The van der Waals surface area contributed by atoms with Crippen LogP contribution in [0.15, 0.2) is 18.2 Å². The predicted octanol–water partition coefficient (Wildman–Crippen LogP) is 1.34. The lowest BCUT2D eigenvalue weighted by Gasteiger charge is -2.23. The maximum Gasteiger partial charge on any atom is 0.219 e. The molecule has 0 bridgehead atoms. The normalized spacial score (nSPS) is 16.4. The molecule has 1 fully saturated rings. The second kappa shape index (κ2) is 6.02. The lowest BCUT2D eigenvalue weighted by Crippen LogP contribution is -2.33. The molecule has 1 aromatic carbocycles. The smallest absolute Gasteiger partial charge is 0.219 e. The summed E-state index contributed by atoms with van der Waals surface area (Å²) in [5.74, 6) is -0.154. The molecule has 2 N–H and O–H groups in total. The van der Waals surface area contributed by atoms with E-state index in [1.165, 1.54) is 6.07 Å². The van der Waals surface area contributed by atoms with E-state index < -0.39 is 0 Å². The third-order valence-electron chi connectivity index (χ3n) is 3.56. The first-order chi connectivity index (χ1) is 9.11. The molecule has 0 atom stereocenters. The second-order valence-electron chi connectivity index (χ2n) is 4.83. The average Bonchev–Trinajstić information content (AvgIpc) is 2.64. The quantitative estimate of drug-likeness (QED) is 0.878. The van der Waals surface area contributed by atoms with Crippen LogP contribution in [0, 0.1) is 5.82 Å². The van der Waals surface area contributed by atoms with Crippen LogP contribution in [-0.2, 0) is 11.3 Å². The molecule has 5 heteroatoms. The molecule has 0 saturated carbocycles. The van der Waals surface area contributed by atoms with Crippen LogP contribution in [0.25, 0.3) is 0 Å². The van der Waals surface area contributed by atoms with Gasteiger partial charge in [0.2, 0.25) is 5.91 Å². The van der Waals surface area contributed by atoms with Crippen molar-refractivity contribution in [2.75, 3.05) is 31.1 Å². The first-order valence-electron chi connectivity index (χ1n) is 6.61. The minimum Gasteiger partial charge on any atom is -0.370 e. The number of anilines is 1. The maximum atomic E-state index is 13.7. The van der Waals surface area contributed by atoms with Crippen LogP contribution in [0.3, 0.4) is 0 Å². The molecule has 1 aliphatic rings. The Kier molecular flexibility index (Phi) is 4.37. The van der Waals surface area contributed by atoms with E-state index in [0.29, 0.717) is 12.1 Å². The number of benzene rings is 1. The van der Waals surface area contributed by atoms with Gasteiger partial charge in [0.25, 0.3) is 0 Å².